The van der Waals surface area contributed by atoms with Gasteiger partial charge in [0.05, 0.1) is 0 Å². The Morgan fingerprint density at radius 1 is 1.10 bits per heavy atom. The van der Waals surface area contributed by atoms with Crippen molar-refractivity contribution in [2.45, 2.75) is 77.7 Å². The fourth-order valence-corrected chi connectivity index (χ4v) is 6.70. The van der Waals surface area contributed by atoms with Crippen LogP contribution >= 0.6 is 0 Å². The molecule has 5 rings (SSSR count). The van der Waals surface area contributed by atoms with Gasteiger partial charge in [-0.3, -0.25) is 0 Å². The molecule has 0 aromatic carbocycles. The van der Waals surface area contributed by atoms with Gasteiger partial charge in [-0.25, -0.2) is 0 Å². The lowest BCUT2D eigenvalue weighted by atomic mass is 9.40. The molecule has 0 spiro atoms. The maximum Gasteiger partial charge on any atom is 0.139 e. The van der Waals surface area contributed by atoms with E-state index in [-0.39, 0.29) is 0 Å². The molecule has 2 atom stereocenters. The summed E-state index contributed by atoms with van der Waals surface area (Å²) in [4.78, 5) is 0. The molecule has 0 radical (unpaired) electrons. The predicted molar refractivity (Wildman–Crippen MR) is 79.5 cm³/mol. The first kappa shape index (κ1) is 12.8. The summed E-state index contributed by atoms with van der Waals surface area (Å²) in [6.45, 7) is 9.55. The molecule has 4 bridgehead atoms. The highest BCUT2D eigenvalue weighted by molar-refractivity contribution is 5.22. The largest absolute Gasteiger partial charge is 0.315 e. The van der Waals surface area contributed by atoms with E-state index < -0.39 is 0 Å². The zero-order valence-corrected chi connectivity index (χ0v) is 13.3. The number of rotatable bonds is 2. The molecule has 4 saturated carbocycles. The van der Waals surface area contributed by atoms with Crippen molar-refractivity contribution in [3.05, 3.63) is 12.2 Å². The quantitative estimate of drug-likeness (QED) is 0.812. The van der Waals surface area contributed by atoms with E-state index in [1.807, 2.05) is 6.33 Å². The lowest BCUT2D eigenvalue weighted by Crippen LogP contribution is -2.57. The Bertz CT molecular complexity index is 526. The number of hydrogen-bond acceptors (Lipinski definition) is 2. The van der Waals surface area contributed by atoms with Gasteiger partial charge in [-0.15, -0.1) is 10.2 Å². The summed E-state index contributed by atoms with van der Waals surface area (Å²) in [5, 5.41) is 8.86. The van der Waals surface area contributed by atoms with Crippen LogP contribution in [0.1, 0.15) is 78.1 Å². The first-order valence-corrected chi connectivity index (χ1v) is 8.23. The van der Waals surface area contributed by atoms with Gasteiger partial charge in [-0.1, -0.05) is 13.8 Å². The Hall–Kier alpha value is -0.860. The maximum atomic E-state index is 4.60. The van der Waals surface area contributed by atoms with Crippen LogP contribution in [0.15, 0.2) is 6.33 Å². The van der Waals surface area contributed by atoms with Crippen molar-refractivity contribution >= 4 is 0 Å². The Kier molecular flexibility index (Phi) is 2.35. The second kappa shape index (κ2) is 3.66. The van der Waals surface area contributed by atoms with Crippen LogP contribution in [0, 0.1) is 16.7 Å². The SMILES string of the molecule is CC(C)n1cnnc1C12CC3CC(C)(CC(C)(C3)C1)C2. The van der Waals surface area contributed by atoms with Gasteiger partial charge in [0.2, 0.25) is 0 Å². The van der Waals surface area contributed by atoms with Gasteiger partial charge in [0.1, 0.15) is 12.2 Å². The molecule has 4 aliphatic carbocycles. The minimum absolute atomic E-state index is 0.309. The molecule has 110 valence electrons. The van der Waals surface area contributed by atoms with E-state index >= 15 is 0 Å². The van der Waals surface area contributed by atoms with E-state index in [4.69, 9.17) is 0 Å². The second-order valence-corrected chi connectivity index (χ2v) is 9.07. The molecular weight excluding hydrogens is 246 g/mol. The van der Waals surface area contributed by atoms with Crippen molar-refractivity contribution in [1.29, 1.82) is 0 Å². The molecule has 3 heteroatoms. The minimum atomic E-state index is 0.309. The molecule has 0 N–H and O–H groups in total. The molecule has 0 saturated heterocycles. The molecular formula is C17H27N3. The van der Waals surface area contributed by atoms with E-state index in [9.17, 15) is 0 Å². The summed E-state index contributed by atoms with van der Waals surface area (Å²) in [6, 6.07) is 0.466. The average molecular weight is 273 g/mol. The minimum Gasteiger partial charge on any atom is -0.315 e. The van der Waals surface area contributed by atoms with E-state index in [0.29, 0.717) is 22.3 Å². The monoisotopic (exact) mass is 273 g/mol. The van der Waals surface area contributed by atoms with Gasteiger partial charge in [0.15, 0.2) is 0 Å². The van der Waals surface area contributed by atoms with Gasteiger partial charge in [-0.2, -0.15) is 0 Å². The predicted octanol–water partition coefficient (Wildman–Crippen LogP) is 4.11. The smallest absolute Gasteiger partial charge is 0.139 e. The van der Waals surface area contributed by atoms with Crippen LogP contribution in [-0.2, 0) is 5.41 Å². The van der Waals surface area contributed by atoms with Crippen LogP contribution in [0.4, 0.5) is 0 Å². The van der Waals surface area contributed by atoms with Crippen LogP contribution in [0.25, 0.3) is 0 Å². The summed E-state index contributed by atoms with van der Waals surface area (Å²) in [5.74, 6) is 2.20. The molecule has 0 aliphatic heterocycles. The van der Waals surface area contributed by atoms with Crippen molar-refractivity contribution in [2.24, 2.45) is 16.7 Å². The van der Waals surface area contributed by atoms with Crippen LogP contribution in [0.5, 0.6) is 0 Å². The third kappa shape index (κ3) is 1.64. The highest BCUT2D eigenvalue weighted by Gasteiger charge is 2.62. The highest BCUT2D eigenvalue weighted by atomic mass is 15.3. The summed E-state index contributed by atoms with van der Waals surface area (Å²) >= 11 is 0. The maximum absolute atomic E-state index is 4.60. The fourth-order valence-electron chi connectivity index (χ4n) is 6.70. The molecule has 1 aromatic rings. The van der Waals surface area contributed by atoms with Gasteiger partial charge < -0.3 is 4.57 Å². The van der Waals surface area contributed by atoms with Gasteiger partial charge in [0, 0.05) is 11.5 Å². The number of hydrogen-bond donors (Lipinski definition) is 0. The van der Waals surface area contributed by atoms with Crippen LogP contribution < -0.4 is 0 Å². The van der Waals surface area contributed by atoms with Crippen molar-refractivity contribution in [3.63, 3.8) is 0 Å². The molecule has 2 unspecified atom stereocenters. The Morgan fingerprint density at radius 3 is 2.30 bits per heavy atom. The Labute approximate surface area is 122 Å². The van der Waals surface area contributed by atoms with Crippen LogP contribution in [0.2, 0.25) is 0 Å². The lowest BCUT2D eigenvalue weighted by molar-refractivity contribution is -0.113. The zero-order valence-electron chi connectivity index (χ0n) is 13.3. The summed E-state index contributed by atoms with van der Waals surface area (Å²) in [5.41, 5.74) is 1.40. The normalized spacial score (nSPS) is 46.4. The average Bonchev–Trinajstić information content (AvgIpc) is 2.72. The van der Waals surface area contributed by atoms with Crippen molar-refractivity contribution in [2.75, 3.05) is 0 Å². The third-order valence-electron chi connectivity index (χ3n) is 6.23. The summed E-state index contributed by atoms with van der Waals surface area (Å²) in [6.07, 6.45) is 10.3. The third-order valence-corrected chi connectivity index (χ3v) is 6.23. The van der Waals surface area contributed by atoms with Crippen LogP contribution in [0.3, 0.4) is 0 Å². The molecule has 20 heavy (non-hydrogen) atoms. The van der Waals surface area contributed by atoms with Gasteiger partial charge in [0.25, 0.3) is 0 Å². The summed E-state index contributed by atoms with van der Waals surface area (Å²) in [7, 11) is 0. The standard InChI is InChI=1S/C17H27N3/c1-12(2)20-11-18-19-14(20)17-7-13-5-15(3,9-17)8-16(4,6-13)10-17/h11-13H,5-10H2,1-4H3. The number of aromatic nitrogens is 3. The second-order valence-electron chi connectivity index (χ2n) is 9.07. The van der Waals surface area contributed by atoms with E-state index in [2.05, 4.69) is 42.5 Å². The molecule has 3 nitrogen and oxygen atoms in total. The first-order valence-electron chi connectivity index (χ1n) is 8.23. The molecule has 4 aliphatic rings. The van der Waals surface area contributed by atoms with Crippen molar-refractivity contribution in [3.8, 4) is 0 Å². The molecule has 0 amide bonds. The van der Waals surface area contributed by atoms with E-state index in [1.165, 1.54) is 44.3 Å². The topological polar surface area (TPSA) is 30.7 Å². The number of nitrogens with zero attached hydrogens (tertiary/aromatic N) is 3. The van der Waals surface area contributed by atoms with E-state index in [1.54, 1.807) is 0 Å². The molecule has 1 aromatic heterocycles. The fraction of sp³-hybridized carbons (Fsp3) is 0.882. The lowest BCUT2D eigenvalue weighted by Gasteiger charge is -2.65. The first-order chi connectivity index (χ1) is 9.33. The summed E-state index contributed by atoms with van der Waals surface area (Å²) < 4.78 is 2.33. The Morgan fingerprint density at radius 2 is 1.75 bits per heavy atom. The van der Waals surface area contributed by atoms with Crippen molar-refractivity contribution in [1.82, 2.24) is 14.8 Å². The van der Waals surface area contributed by atoms with E-state index in [0.717, 1.165) is 5.92 Å². The molecule has 4 fully saturated rings. The van der Waals surface area contributed by atoms with Crippen LogP contribution in [-0.4, -0.2) is 14.8 Å². The molecule has 1 heterocycles. The van der Waals surface area contributed by atoms with Crippen molar-refractivity contribution < 1.29 is 0 Å². The zero-order chi connectivity index (χ0) is 14.2. The highest BCUT2D eigenvalue weighted by Crippen LogP contribution is 2.69. The Balaban J connectivity index is 1.83. The van der Waals surface area contributed by atoms with Gasteiger partial charge >= 0.3 is 0 Å². The van der Waals surface area contributed by atoms with Gasteiger partial charge in [-0.05, 0) is 69.1 Å².